The van der Waals surface area contributed by atoms with Gasteiger partial charge in [-0.1, -0.05) is 118 Å². The third kappa shape index (κ3) is 15.5. The highest BCUT2D eigenvalue weighted by Crippen LogP contribution is 2.42. The molecule has 10 rings (SSSR count). The molecule has 0 spiro atoms. The summed E-state index contributed by atoms with van der Waals surface area (Å²) in [6, 6.07) is 32.0. The number of carbonyl (C=O) groups is 5. The molecule has 3 aliphatic rings. The van der Waals surface area contributed by atoms with E-state index >= 15 is 0 Å². The number of nitrogens with zero attached hydrogens (tertiary/aromatic N) is 5. The van der Waals surface area contributed by atoms with Crippen LogP contribution in [-0.4, -0.2) is 120 Å². The number of aromatic nitrogens is 4. The Morgan fingerprint density at radius 3 is 2.25 bits per heavy atom. The average molecular weight is 1230 g/mol. The lowest BCUT2D eigenvalue weighted by atomic mass is 9.85. The van der Waals surface area contributed by atoms with E-state index < -0.39 is 47.0 Å². The van der Waals surface area contributed by atoms with Crippen LogP contribution in [0.4, 0.5) is 4.39 Å². The van der Waals surface area contributed by atoms with Crippen molar-refractivity contribution in [1.82, 2.24) is 45.3 Å². The van der Waals surface area contributed by atoms with E-state index in [1.54, 1.807) is 38.4 Å². The van der Waals surface area contributed by atoms with Crippen LogP contribution >= 0.6 is 11.3 Å². The highest BCUT2D eigenvalue weighted by Gasteiger charge is 2.53. The van der Waals surface area contributed by atoms with Crippen molar-refractivity contribution in [3.8, 4) is 50.4 Å². The first-order chi connectivity index (χ1) is 42.8. The van der Waals surface area contributed by atoms with E-state index in [9.17, 15) is 44.0 Å². The van der Waals surface area contributed by atoms with Crippen molar-refractivity contribution in [3.05, 3.63) is 143 Å². The molecule has 1 aliphatic heterocycles. The molecule has 3 atom stereocenters. The molecule has 5 amide bonds. The molecule has 2 aliphatic carbocycles. The van der Waals surface area contributed by atoms with E-state index in [-0.39, 0.29) is 62.9 Å². The van der Waals surface area contributed by atoms with Crippen molar-refractivity contribution in [2.24, 2.45) is 5.41 Å². The predicted molar refractivity (Wildman–Crippen MR) is 340 cm³/mol. The Bertz CT molecular complexity index is 3820. The molecule has 4 aromatic carbocycles. The summed E-state index contributed by atoms with van der Waals surface area (Å²) in [5.41, 5.74) is 8.11. The van der Waals surface area contributed by atoms with Crippen molar-refractivity contribution in [1.29, 1.82) is 5.41 Å². The number of benzene rings is 4. The first-order valence-corrected chi connectivity index (χ1v) is 31.7. The fourth-order valence-corrected chi connectivity index (χ4v) is 12.6. The van der Waals surface area contributed by atoms with E-state index in [1.807, 2.05) is 72.4 Å². The number of rotatable bonds is 23. The van der Waals surface area contributed by atoms with Crippen LogP contribution in [0.1, 0.15) is 126 Å². The van der Waals surface area contributed by atoms with Crippen LogP contribution < -0.4 is 31.5 Å². The molecule has 20 heteroatoms. The molecular weight excluding hydrogens is 1150 g/mol. The Morgan fingerprint density at radius 1 is 0.831 bits per heavy atom. The predicted octanol–water partition coefficient (Wildman–Crippen LogP) is 8.83. The van der Waals surface area contributed by atoms with Gasteiger partial charge >= 0.3 is 0 Å². The summed E-state index contributed by atoms with van der Waals surface area (Å²) in [6.07, 6.45) is 6.47. The number of amides is 5. The maximum absolute atomic E-state index is 14.7. The zero-order valence-electron chi connectivity index (χ0n) is 51.0. The van der Waals surface area contributed by atoms with Gasteiger partial charge in [0.15, 0.2) is 12.3 Å². The molecule has 0 unspecified atom stereocenters. The van der Waals surface area contributed by atoms with E-state index in [2.05, 4.69) is 79.1 Å². The lowest BCUT2D eigenvalue weighted by Gasteiger charge is -2.35. The van der Waals surface area contributed by atoms with E-state index in [0.717, 1.165) is 79.9 Å². The number of nitrogens with one attached hydrogen (secondary N) is 5. The van der Waals surface area contributed by atoms with E-state index in [1.165, 1.54) is 16.2 Å². The lowest BCUT2D eigenvalue weighted by molar-refractivity contribution is -0.145. The fourth-order valence-electron chi connectivity index (χ4n) is 11.8. The maximum Gasteiger partial charge on any atom is 0.258 e. The van der Waals surface area contributed by atoms with Gasteiger partial charge in [0, 0.05) is 74.7 Å². The summed E-state index contributed by atoms with van der Waals surface area (Å²) >= 11 is 1.45. The van der Waals surface area contributed by atoms with Gasteiger partial charge in [-0.25, -0.2) is 14.4 Å². The largest absolute Gasteiger partial charge is 0.483 e. The van der Waals surface area contributed by atoms with Crippen molar-refractivity contribution in [2.45, 2.75) is 154 Å². The van der Waals surface area contributed by atoms with Crippen molar-refractivity contribution >= 4 is 51.9 Å². The number of fused-ring (bicyclic) bond motifs is 1. The van der Waals surface area contributed by atoms with Crippen LogP contribution in [0.2, 0.25) is 0 Å². The second-order valence-corrected chi connectivity index (χ2v) is 25.6. The molecule has 18 nitrogen and oxygen atoms in total. The topological polar surface area (TPSA) is 246 Å². The molecule has 3 fully saturated rings. The Balaban J connectivity index is 0.687. The number of alkyl halides is 1. The first-order valence-electron chi connectivity index (χ1n) is 30.9. The number of β-amino-alcohol motifs (C(OH)–C–C–N with tert-alkyl or cyclic N) is 1. The monoisotopic (exact) mass is 1230 g/mol. The normalized spacial score (nSPS) is 18.1. The molecule has 0 radical (unpaired) electrons. The van der Waals surface area contributed by atoms with Gasteiger partial charge in [0.05, 0.1) is 45.7 Å². The molecule has 7 aromatic rings. The van der Waals surface area contributed by atoms with E-state index in [0.29, 0.717) is 75.0 Å². The lowest BCUT2D eigenvalue weighted by Crippen LogP contribution is -2.59. The number of carbonyl (C=O) groups excluding carboxylic acids is 5. The number of aliphatic hydroxyl groups is 2. The van der Waals surface area contributed by atoms with Gasteiger partial charge in [-0.3, -0.25) is 29.4 Å². The fraction of sp³-hybridized carbons (Fsp3) is 0.420. The summed E-state index contributed by atoms with van der Waals surface area (Å²) in [7, 11) is 0. The van der Waals surface area contributed by atoms with Gasteiger partial charge in [0.2, 0.25) is 17.7 Å². The number of halogens is 1. The zero-order valence-corrected chi connectivity index (χ0v) is 51.8. The molecule has 3 aromatic heterocycles. The molecule has 0 bridgehead atoms. The third-order valence-corrected chi connectivity index (χ3v) is 17.9. The highest BCUT2D eigenvalue weighted by atomic mass is 32.1. The number of hydrogen-bond acceptors (Lipinski definition) is 12. The minimum absolute atomic E-state index is 0.0328. The van der Waals surface area contributed by atoms with Gasteiger partial charge in [0.25, 0.3) is 11.8 Å². The van der Waals surface area contributed by atoms with Crippen LogP contribution in [0.15, 0.2) is 115 Å². The Hall–Kier alpha value is -8.51. The van der Waals surface area contributed by atoms with Gasteiger partial charge in [-0.15, -0.1) is 11.3 Å². The zero-order chi connectivity index (χ0) is 62.8. The second kappa shape index (κ2) is 28.3. The SMILES string of the molecule is Cc1ncsc1-c1ccc(CNC(=O)[C@@H]2C[C@@H](O)CN2C(=O)[C@@H](NC(=O)C2(F)CC2)C(C)(C)C)c(OCC(=O)NCCCNC(=O)CCCCC#Cc2cccc(Cn3c(-c4ccccc4)c(-c4ccccc4)c4c(=N)n(C5CCC(O)CC5)cnc43)c2)c1. The van der Waals surface area contributed by atoms with Crippen molar-refractivity contribution < 1.29 is 43.3 Å². The summed E-state index contributed by atoms with van der Waals surface area (Å²) in [5.74, 6) is 4.53. The minimum Gasteiger partial charge on any atom is -0.483 e. The number of likely N-dealkylation sites (tertiary alicyclic amines) is 1. The summed E-state index contributed by atoms with van der Waals surface area (Å²) in [5, 5.41) is 42.7. The molecule has 4 heterocycles. The van der Waals surface area contributed by atoms with E-state index in [4.69, 9.17) is 9.72 Å². The number of aliphatic hydroxyl groups excluding tert-OH is 2. The third-order valence-electron chi connectivity index (χ3n) is 16.9. The number of thiazole rings is 1. The number of ether oxygens (including phenoxy) is 1. The first kappa shape index (κ1) is 63.5. The summed E-state index contributed by atoms with van der Waals surface area (Å²) in [6.45, 7) is 7.76. The Labute approximate surface area is 522 Å². The number of unbranched alkanes of at least 4 members (excludes halogenated alkanes) is 2. The molecular formula is C69H79FN10O8S. The molecule has 89 heavy (non-hydrogen) atoms. The Kier molecular flexibility index (Phi) is 20.2. The quantitative estimate of drug-likeness (QED) is 0.0237. The van der Waals surface area contributed by atoms with Gasteiger partial charge in [-0.05, 0) is 111 Å². The average Bonchev–Trinajstić information content (AvgIpc) is 1.62. The molecule has 7 N–H and O–H groups in total. The summed E-state index contributed by atoms with van der Waals surface area (Å²) < 4.78 is 25.0. The molecule has 2 saturated carbocycles. The van der Waals surface area contributed by atoms with Crippen LogP contribution in [0, 0.1) is 29.6 Å². The highest BCUT2D eigenvalue weighted by molar-refractivity contribution is 7.13. The number of aryl methyl sites for hydroxylation is 1. The van der Waals surface area contributed by atoms with Crippen LogP contribution in [0.3, 0.4) is 0 Å². The smallest absolute Gasteiger partial charge is 0.258 e. The second-order valence-electron chi connectivity index (χ2n) is 24.7. The number of hydrogen-bond donors (Lipinski definition) is 7. The van der Waals surface area contributed by atoms with Crippen molar-refractivity contribution in [3.63, 3.8) is 0 Å². The van der Waals surface area contributed by atoms with Crippen LogP contribution in [0.25, 0.3) is 43.9 Å². The van der Waals surface area contributed by atoms with Gasteiger partial charge < -0.3 is 50.3 Å². The van der Waals surface area contributed by atoms with Crippen LogP contribution in [0.5, 0.6) is 5.75 Å². The van der Waals surface area contributed by atoms with Crippen molar-refractivity contribution in [2.75, 3.05) is 26.2 Å². The van der Waals surface area contributed by atoms with Crippen LogP contribution in [-0.2, 0) is 37.1 Å². The van der Waals surface area contributed by atoms with Gasteiger partial charge in [0.1, 0.15) is 29.0 Å². The van der Waals surface area contributed by atoms with Gasteiger partial charge in [-0.2, -0.15) is 0 Å². The maximum atomic E-state index is 14.7. The molecule has 466 valence electrons. The minimum atomic E-state index is -2.01. The standard InChI is InChI=1S/C69H79FN10O8S/c1-44-61(89-43-76-44)49-25-26-50(38-74-65(85)54-37-53(82)40-78(54)66(86)62(68(2,3)4)77-67(87)69(70)31-32-69)55(36-49)88-41-57(84)73-34-16-33-72-56(83)24-14-6-5-9-17-45-18-15-19-46(35-45)39-79-60(48-22-12-8-13-23-48)58(47-20-10-7-11-21-47)59-63(71)80(42-75-64(59)79)51-27-29-52(81)30-28-51/h7-8,10-13,15,18-23,25-26,35-36,42-43,51-54,62,71,81-82H,5-6,14,16,24,27-34,37-41H2,1-4H3,(H,72,83)(H,73,84)(H,74,85)(H,77,87)/t51?,52?,53-,54+,62-/m1/s1. The molecule has 1 saturated heterocycles. The summed E-state index contributed by atoms with van der Waals surface area (Å²) in [4.78, 5) is 78.1. The Morgan fingerprint density at radius 2 is 1.55 bits per heavy atom.